The molecule has 0 saturated heterocycles. The van der Waals surface area contributed by atoms with Crippen molar-refractivity contribution in [1.82, 2.24) is 15.1 Å². The first kappa shape index (κ1) is 13.9. The van der Waals surface area contributed by atoms with Crippen molar-refractivity contribution < 1.29 is 0 Å². The second-order valence-electron chi connectivity index (χ2n) is 6.27. The summed E-state index contributed by atoms with van der Waals surface area (Å²) in [4.78, 5) is 0. The maximum absolute atomic E-state index is 4.74. The van der Waals surface area contributed by atoms with Crippen LogP contribution in [0.4, 0.5) is 0 Å². The predicted octanol–water partition coefficient (Wildman–Crippen LogP) is 3.63. The highest BCUT2D eigenvalue weighted by Crippen LogP contribution is 2.27. The van der Waals surface area contributed by atoms with Gasteiger partial charge in [0.05, 0.1) is 11.7 Å². The Bertz CT molecular complexity index is 425. The maximum Gasteiger partial charge on any atom is 0.0662 e. The Morgan fingerprint density at radius 1 is 1.15 bits per heavy atom. The third kappa shape index (κ3) is 4.20. The molecule has 2 aliphatic carbocycles. The Morgan fingerprint density at radius 3 is 2.80 bits per heavy atom. The number of hydrogen-bond acceptors (Lipinski definition) is 2. The zero-order valence-corrected chi connectivity index (χ0v) is 12.4. The van der Waals surface area contributed by atoms with E-state index in [1.165, 1.54) is 50.6 Å². The van der Waals surface area contributed by atoms with Gasteiger partial charge in [-0.05, 0) is 44.7 Å². The molecular weight excluding hydrogens is 246 g/mol. The average molecular weight is 273 g/mol. The minimum Gasteiger partial charge on any atom is -0.314 e. The molecular formula is C17H27N3. The van der Waals surface area contributed by atoms with E-state index in [0.717, 1.165) is 25.4 Å². The summed E-state index contributed by atoms with van der Waals surface area (Å²) >= 11 is 0. The topological polar surface area (TPSA) is 29.9 Å². The van der Waals surface area contributed by atoms with E-state index in [9.17, 15) is 0 Å². The molecule has 0 atom stereocenters. The number of hydrogen-bond donors (Lipinski definition) is 1. The largest absolute Gasteiger partial charge is 0.314 e. The Hall–Kier alpha value is -1.09. The highest BCUT2D eigenvalue weighted by atomic mass is 15.3. The highest BCUT2D eigenvalue weighted by Gasteiger charge is 2.19. The first-order valence-corrected chi connectivity index (χ1v) is 8.34. The smallest absolute Gasteiger partial charge is 0.0662 e. The molecule has 0 bridgehead atoms. The van der Waals surface area contributed by atoms with Gasteiger partial charge in [0.2, 0.25) is 0 Å². The molecule has 110 valence electrons. The number of aromatic nitrogens is 2. The fraction of sp³-hybridized carbons (Fsp3) is 0.706. The van der Waals surface area contributed by atoms with E-state index in [4.69, 9.17) is 5.10 Å². The molecule has 3 nitrogen and oxygen atoms in total. The molecule has 3 heteroatoms. The molecule has 2 aliphatic rings. The van der Waals surface area contributed by atoms with Crippen molar-refractivity contribution in [3.63, 3.8) is 0 Å². The molecule has 1 heterocycles. The number of nitrogens with one attached hydrogen (secondary N) is 1. The zero-order valence-electron chi connectivity index (χ0n) is 12.4. The van der Waals surface area contributed by atoms with Gasteiger partial charge in [-0.25, -0.2) is 0 Å². The summed E-state index contributed by atoms with van der Waals surface area (Å²) in [6.07, 6.45) is 18.4. The molecule has 1 aromatic heterocycles. The van der Waals surface area contributed by atoms with Gasteiger partial charge in [0.1, 0.15) is 0 Å². The van der Waals surface area contributed by atoms with Crippen LogP contribution in [0.1, 0.15) is 63.1 Å². The first-order chi connectivity index (χ1) is 9.92. The van der Waals surface area contributed by atoms with Crippen LogP contribution in [0.15, 0.2) is 24.4 Å². The van der Waals surface area contributed by atoms with Gasteiger partial charge in [-0.15, -0.1) is 0 Å². The van der Waals surface area contributed by atoms with Gasteiger partial charge in [-0.3, -0.25) is 4.68 Å². The van der Waals surface area contributed by atoms with Crippen LogP contribution in [0.5, 0.6) is 0 Å². The highest BCUT2D eigenvalue weighted by molar-refractivity contribution is 5.05. The lowest BCUT2D eigenvalue weighted by molar-refractivity contribution is 0.328. The van der Waals surface area contributed by atoms with E-state index in [1.54, 1.807) is 0 Å². The number of rotatable bonds is 7. The predicted molar refractivity (Wildman–Crippen MR) is 82.8 cm³/mol. The van der Waals surface area contributed by atoms with Gasteiger partial charge in [-0.2, -0.15) is 5.10 Å². The fourth-order valence-corrected chi connectivity index (χ4v) is 3.02. The SMILES string of the molecule is C(=CCc1ccn(C2CCCCC2)n1)CCNC1CC1. The first-order valence-electron chi connectivity index (χ1n) is 8.34. The van der Waals surface area contributed by atoms with Gasteiger partial charge < -0.3 is 5.32 Å². The number of nitrogens with zero attached hydrogens (tertiary/aromatic N) is 2. The van der Waals surface area contributed by atoms with Crippen molar-refractivity contribution in [2.75, 3.05) is 6.54 Å². The summed E-state index contributed by atoms with van der Waals surface area (Å²) in [5.74, 6) is 0. The third-order valence-corrected chi connectivity index (χ3v) is 4.43. The molecule has 0 aromatic carbocycles. The Morgan fingerprint density at radius 2 is 2.00 bits per heavy atom. The molecule has 1 aromatic rings. The number of allylic oxidation sites excluding steroid dienone is 1. The summed E-state index contributed by atoms with van der Waals surface area (Å²) in [6.45, 7) is 1.12. The van der Waals surface area contributed by atoms with Crippen LogP contribution in [0.3, 0.4) is 0 Å². The van der Waals surface area contributed by atoms with Crippen molar-refractivity contribution in [3.8, 4) is 0 Å². The summed E-state index contributed by atoms with van der Waals surface area (Å²) < 4.78 is 2.21. The van der Waals surface area contributed by atoms with Crippen LogP contribution in [0.25, 0.3) is 0 Å². The summed E-state index contributed by atoms with van der Waals surface area (Å²) in [6, 6.07) is 3.67. The van der Waals surface area contributed by atoms with Gasteiger partial charge in [0, 0.05) is 18.7 Å². The Kier molecular flexibility index (Phi) is 4.91. The van der Waals surface area contributed by atoms with Crippen molar-refractivity contribution in [2.45, 2.75) is 69.9 Å². The monoisotopic (exact) mass is 273 g/mol. The van der Waals surface area contributed by atoms with Crippen LogP contribution in [0.2, 0.25) is 0 Å². The minimum absolute atomic E-state index is 0.657. The lowest BCUT2D eigenvalue weighted by Gasteiger charge is -2.21. The van der Waals surface area contributed by atoms with Gasteiger partial charge in [0.25, 0.3) is 0 Å². The Labute approximate surface area is 122 Å². The molecule has 3 rings (SSSR count). The molecule has 0 unspecified atom stereocenters. The van der Waals surface area contributed by atoms with Gasteiger partial charge in [-0.1, -0.05) is 31.4 Å². The molecule has 0 spiro atoms. The van der Waals surface area contributed by atoms with E-state index < -0.39 is 0 Å². The van der Waals surface area contributed by atoms with E-state index in [1.807, 2.05) is 0 Å². The fourth-order valence-electron chi connectivity index (χ4n) is 3.02. The van der Waals surface area contributed by atoms with Crippen molar-refractivity contribution >= 4 is 0 Å². The van der Waals surface area contributed by atoms with Crippen LogP contribution >= 0.6 is 0 Å². The summed E-state index contributed by atoms with van der Waals surface area (Å²) in [5.41, 5.74) is 1.21. The summed E-state index contributed by atoms with van der Waals surface area (Å²) in [7, 11) is 0. The van der Waals surface area contributed by atoms with Gasteiger partial charge in [0.15, 0.2) is 0 Å². The van der Waals surface area contributed by atoms with Crippen LogP contribution in [-0.2, 0) is 6.42 Å². The Balaban J connectivity index is 1.38. The molecule has 1 N–H and O–H groups in total. The van der Waals surface area contributed by atoms with Gasteiger partial charge >= 0.3 is 0 Å². The molecule has 0 aliphatic heterocycles. The maximum atomic E-state index is 4.74. The zero-order chi connectivity index (χ0) is 13.6. The van der Waals surface area contributed by atoms with E-state index in [-0.39, 0.29) is 0 Å². The normalized spacial score (nSPS) is 20.8. The average Bonchev–Trinajstić information content (AvgIpc) is 3.20. The molecule has 0 radical (unpaired) electrons. The van der Waals surface area contributed by atoms with Crippen molar-refractivity contribution in [1.29, 1.82) is 0 Å². The molecule has 2 saturated carbocycles. The second kappa shape index (κ2) is 7.07. The lowest BCUT2D eigenvalue weighted by atomic mass is 9.96. The lowest BCUT2D eigenvalue weighted by Crippen LogP contribution is -2.16. The van der Waals surface area contributed by atoms with Crippen LogP contribution in [0, 0.1) is 0 Å². The quantitative estimate of drug-likeness (QED) is 0.607. The molecule has 20 heavy (non-hydrogen) atoms. The van der Waals surface area contributed by atoms with Crippen molar-refractivity contribution in [3.05, 3.63) is 30.1 Å². The van der Waals surface area contributed by atoms with Crippen molar-refractivity contribution in [2.24, 2.45) is 0 Å². The van der Waals surface area contributed by atoms with E-state index >= 15 is 0 Å². The van der Waals surface area contributed by atoms with Crippen LogP contribution in [-0.4, -0.2) is 22.4 Å². The summed E-state index contributed by atoms with van der Waals surface area (Å²) in [5, 5.41) is 8.27. The standard InChI is InChI=1S/C17H27N3/c1-4-8-17(9-5-1)20-14-12-16(19-20)7-3-2-6-13-18-15-10-11-15/h2-3,12,14-15,17-18H,1,4-11,13H2. The third-order valence-electron chi connectivity index (χ3n) is 4.43. The second-order valence-corrected chi connectivity index (χ2v) is 6.27. The van der Waals surface area contributed by atoms with Crippen LogP contribution < -0.4 is 5.32 Å². The van der Waals surface area contributed by atoms with E-state index in [2.05, 4.69) is 34.4 Å². The molecule has 0 amide bonds. The van der Waals surface area contributed by atoms with E-state index in [0.29, 0.717) is 6.04 Å². The molecule has 2 fully saturated rings. The minimum atomic E-state index is 0.657.